The van der Waals surface area contributed by atoms with E-state index in [0.717, 1.165) is 0 Å². The lowest BCUT2D eigenvalue weighted by atomic mass is 10.4. The summed E-state index contributed by atoms with van der Waals surface area (Å²) < 4.78 is 23.4. The third kappa shape index (κ3) is 7.61. The van der Waals surface area contributed by atoms with Crippen LogP contribution in [-0.4, -0.2) is 36.5 Å². The van der Waals surface area contributed by atoms with Crippen molar-refractivity contribution >= 4 is 17.2 Å². The summed E-state index contributed by atoms with van der Waals surface area (Å²) >= 11 is 4.59. The van der Waals surface area contributed by atoms with E-state index in [9.17, 15) is 8.78 Å². The number of hydrogen-bond acceptors (Lipinski definition) is 2. The fraction of sp³-hybridized carbons (Fsp3) is 0.833. The quantitative estimate of drug-likeness (QED) is 0.639. The second kappa shape index (κ2) is 5.37. The number of halogens is 2. The van der Waals surface area contributed by atoms with Crippen LogP contribution in [0, 0.1) is 0 Å². The highest BCUT2D eigenvalue weighted by Crippen LogP contribution is 1.96. The van der Waals surface area contributed by atoms with Crippen molar-refractivity contribution in [2.24, 2.45) is 5.73 Å². The van der Waals surface area contributed by atoms with Crippen molar-refractivity contribution in [3.63, 3.8) is 0 Å². The summed E-state index contributed by atoms with van der Waals surface area (Å²) in [6.45, 7) is 0.280. The minimum absolute atomic E-state index is 0.220. The molecule has 0 saturated heterocycles. The first-order valence-corrected chi connectivity index (χ1v) is 3.68. The van der Waals surface area contributed by atoms with Crippen molar-refractivity contribution in [3.05, 3.63) is 0 Å². The van der Waals surface area contributed by atoms with Gasteiger partial charge in [-0.1, -0.05) is 12.2 Å². The summed E-state index contributed by atoms with van der Waals surface area (Å²) in [5, 5.41) is 0. The van der Waals surface area contributed by atoms with Gasteiger partial charge in [0.1, 0.15) is 0 Å². The number of thiocarbonyl (C=S) groups is 1. The highest BCUT2D eigenvalue weighted by molar-refractivity contribution is 7.80. The Labute approximate surface area is 70.4 Å². The van der Waals surface area contributed by atoms with E-state index in [2.05, 4.69) is 12.2 Å². The first-order valence-electron chi connectivity index (χ1n) is 3.27. The van der Waals surface area contributed by atoms with Gasteiger partial charge in [0.05, 0.1) is 11.5 Å². The Bertz CT molecular complexity index is 130. The molecular weight excluding hydrogens is 170 g/mol. The molecule has 0 bridgehead atoms. The number of nitrogens with zero attached hydrogens (tertiary/aromatic N) is 1. The summed E-state index contributed by atoms with van der Waals surface area (Å²) in [4.78, 5) is 1.87. The van der Waals surface area contributed by atoms with Crippen LogP contribution in [0.15, 0.2) is 0 Å². The van der Waals surface area contributed by atoms with E-state index in [1.807, 2.05) is 0 Å². The SMILES string of the molecule is CN(CCC(N)=S)CC(F)F. The van der Waals surface area contributed by atoms with Crippen molar-refractivity contribution in [2.45, 2.75) is 12.8 Å². The molecule has 0 spiro atoms. The Morgan fingerprint density at radius 2 is 2.18 bits per heavy atom. The second-order valence-electron chi connectivity index (χ2n) is 2.37. The first kappa shape index (κ1) is 10.7. The zero-order chi connectivity index (χ0) is 8.85. The average Bonchev–Trinajstić information content (AvgIpc) is 1.82. The maximum Gasteiger partial charge on any atom is 0.251 e. The third-order valence-corrected chi connectivity index (χ3v) is 1.39. The smallest absolute Gasteiger partial charge is 0.251 e. The molecule has 0 aromatic heterocycles. The largest absolute Gasteiger partial charge is 0.393 e. The van der Waals surface area contributed by atoms with Crippen molar-refractivity contribution in [1.82, 2.24) is 4.90 Å². The molecule has 0 amide bonds. The number of rotatable bonds is 5. The summed E-state index contributed by atoms with van der Waals surface area (Å²) in [5.74, 6) is 0. The Balaban J connectivity index is 3.37. The van der Waals surface area contributed by atoms with Gasteiger partial charge in [0.15, 0.2) is 0 Å². The van der Waals surface area contributed by atoms with E-state index < -0.39 is 6.43 Å². The van der Waals surface area contributed by atoms with Crippen molar-refractivity contribution in [1.29, 1.82) is 0 Å². The summed E-state index contributed by atoms with van der Waals surface area (Å²) in [6, 6.07) is 0. The lowest BCUT2D eigenvalue weighted by molar-refractivity contribution is 0.102. The van der Waals surface area contributed by atoms with Crippen molar-refractivity contribution in [3.8, 4) is 0 Å². The van der Waals surface area contributed by atoms with Gasteiger partial charge in [-0.3, -0.25) is 0 Å². The van der Waals surface area contributed by atoms with Crippen LogP contribution in [0.25, 0.3) is 0 Å². The molecule has 0 fully saturated rings. The Morgan fingerprint density at radius 1 is 1.64 bits per heavy atom. The normalized spacial score (nSPS) is 11.0. The lowest BCUT2D eigenvalue weighted by Gasteiger charge is -2.14. The van der Waals surface area contributed by atoms with Gasteiger partial charge < -0.3 is 10.6 Å². The zero-order valence-corrected chi connectivity index (χ0v) is 7.20. The number of alkyl halides is 2. The van der Waals surface area contributed by atoms with Crippen molar-refractivity contribution in [2.75, 3.05) is 20.1 Å². The molecule has 0 radical (unpaired) electrons. The molecule has 0 atom stereocenters. The predicted molar refractivity (Wildman–Crippen MR) is 44.9 cm³/mol. The average molecular weight is 182 g/mol. The van der Waals surface area contributed by atoms with Crippen LogP contribution in [0.4, 0.5) is 8.78 Å². The zero-order valence-electron chi connectivity index (χ0n) is 6.39. The van der Waals surface area contributed by atoms with Gasteiger partial charge in [-0.25, -0.2) is 8.78 Å². The van der Waals surface area contributed by atoms with E-state index in [-0.39, 0.29) is 6.54 Å². The van der Waals surface area contributed by atoms with Gasteiger partial charge in [-0.05, 0) is 7.05 Å². The van der Waals surface area contributed by atoms with Crippen LogP contribution < -0.4 is 5.73 Å². The lowest BCUT2D eigenvalue weighted by Crippen LogP contribution is -2.28. The molecule has 0 rings (SSSR count). The standard InChI is InChI=1S/C6H12F2N2S/c1-10(4-5(7)8)3-2-6(9)11/h5H,2-4H2,1H3,(H2,9,11). The maximum absolute atomic E-state index is 11.7. The Morgan fingerprint density at radius 3 is 2.55 bits per heavy atom. The first-order chi connectivity index (χ1) is 5.02. The van der Waals surface area contributed by atoms with Crippen LogP contribution in [-0.2, 0) is 0 Å². The Kier molecular flexibility index (Phi) is 5.23. The topological polar surface area (TPSA) is 29.3 Å². The number of hydrogen-bond donors (Lipinski definition) is 1. The minimum atomic E-state index is -2.29. The van der Waals surface area contributed by atoms with Crippen LogP contribution >= 0.6 is 12.2 Å². The van der Waals surface area contributed by atoms with E-state index in [0.29, 0.717) is 18.0 Å². The molecule has 2 nitrogen and oxygen atoms in total. The Hall–Kier alpha value is -0.290. The van der Waals surface area contributed by atoms with Gasteiger partial charge in [0, 0.05) is 13.0 Å². The van der Waals surface area contributed by atoms with Gasteiger partial charge >= 0.3 is 0 Å². The molecule has 0 unspecified atom stereocenters. The number of nitrogens with two attached hydrogens (primary N) is 1. The summed E-state index contributed by atoms with van der Waals surface area (Å²) in [6.07, 6.45) is -1.79. The molecule has 0 aliphatic rings. The molecule has 66 valence electrons. The maximum atomic E-state index is 11.7. The van der Waals surface area contributed by atoms with Gasteiger partial charge in [-0.15, -0.1) is 0 Å². The highest BCUT2D eigenvalue weighted by Gasteiger charge is 2.06. The molecule has 0 aliphatic carbocycles. The molecule has 5 heteroatoms. The minimum Gasteiger partial charge on any atom is -0.393 e. The molecule has 11 heavy (non-hydrogen) atoms. The molecule has 0 heterocycles. The van der Waals surface area contributed by atoms with E-state index in [1.54, 1.807) is 7.05 Å². The highest BCUT2D eigenvalue weighted by atomic mass is 32.1. The van der Waals surface area contributed by atoms with Gasteiger partial charge in [0.25, 0.3) is 6.43 Å². The molecule has 0 saturated carbocycles. The van der Waals surface area contributed by atoms with Crippen LogP contribution in [0.2, 0.25) is 0 Å². The van der Waals surface area contributed by atoms with E-state index in [4.69, 9.17) is 5.73 Å². The molecule has 0 aromatic rings. The fourth-order valence-corrected chi connectivity index (χ4v) is 0.719. The molecule has 0 aromatic carbocycles. The monoisotopic (exact) mass is 182 g/mol. The molecule has 2 N–H and O–H groups in total. The summed E-state index contributed by atoms with van der Waals surface area (Å²) in [5.41, 5.74) is 5.19. The molecule has 0 aliphatic heterocycles. The fourth-order valence-electron chi connectivity index (χ4n) is 0.628. The van der Waals surface area contributed by atoms with Gasteiger partial charge in [-0.2, -0.15) is 0 Å². The predicted octanol–water partition coefficient (Wildman–Crippen LogP) is 0.860. The van der Waals surface area contributed by atoms with E-state index >= 15 is 0 Å². The second-order valence-corrected chi connectivity index (χ2v) is 2.89. The molecular formula is C6H12F2N2S. The van der Waals surface area contributed by atoms with Crippen LogP contribution in [0.3, 0.4) is 0 Å². The van der Waals surface area contributed by atoms with Crippen LogP contribution in [0.5, 0.6) is 0 Å². The van der Waals surface area contributed by atoms with Crippen molar-refractivity contribution < 1.29 is 8.78 Å². The third-order valence-electron chi connectivity index (χ3n) is 1.19. The summed E-state index contributed by atoms with van der Waals surface area (Å²) in [7, 11) is 1.62. The van der Waals surface area contributed by atoms with Crippen LogP contribution in [0.1, 0.15) is 6.42 Å². The van der Waals surface area contributed by atoms with Gasteiger partial charge in [0.2, 0.25) is 0 Å². The van der Waals surface area contributed by atoms with E-state index in [1.165, 1.54) is 4.90 Å².